The fourth-order valence-corrected chi connectivity index (χ4v) is 3.12. The first kappa shape index (κ1) is 15.3. The van der Waals surface area contributed by atoms with E-state index in [-0.39, 0.29) is 12.0 Å². The van der Waals surface area contributed by atoms with Crippen LogP contribution in [0.2, 0.25) is 0 Å². The molecule has 1 atom stereocenters. The molecule has 22 heavy (non-hydrogen) atoms. The first-order valence-corrected chi connectivity index (χ1v) is 8.44. The van der Waals surface area contributed by atoms with Crippen LogP contribution in [0.15, 0.2) is 18.3 Å². The molecule has 0 aromatic carbocycles. The van der Waals surface area contributed by atoms with Crippen LogP contribution in [0.4, 0.5) is 5.82 Å². The van der Waals surface area contributed by atoms with Crippen molar-refractivity contribution >= 4 is 11.7 Å². The number of carbonyl (C=O) groups is 1. The third kappa shape index (κ3) is 3.97. The van der Waals surface area contributed by atoms with Gasteiger partial charge in [-0.25, -0.2) is 4.98 Å². The van der Waals surface area contributed by atoms with Gasteiger partial charge in [0.1, 0.15) is 5.82 Å². The normalized spacial score (nSPS) is 22.4. The van der Waals surface area contributed by atoms with E-state index in [9.17, 15) is 4.79 Å². The number of rotatable bonds is 4. The number of ether oxygens (including phenoxy) is 1. The summed E-state index contributed by atoms with van der Waals surface area (Å²) >= 11 is 0. The lowest BCUT2D eigenvalue weighted by atomic mass is 10.2. The SMILES string of the molecule is O=C(NCC1CCCO1)c1ccc(N2CCCCCC2)nc1. The minimum Gasteiger partial charge on any atom is -0.376 e. The number of nitrogens with one attached hydrogen (secondary N) is 1. The zero-order valence-corrected chi connectivity index (χ0v) is 13.1. The van der Waals surface area contributed by atoms with Crippen LogP contribution in [-0.4, -0.2) is 43.2 Å². The van der Waals surface area contributed by atoms with Crippen molar-refractivity contribution in [3.05, 3.63) is 23.9 Å². The Kier molecular flexibility index (Phi) is 5.27. The Bertz CT molecular complexity index is 475. The highest BCUT2D eigenvalue weighted by atomic mass is 16.5. The molecule has 5 heteroatoms. The van der Waals surface area contributed by atoms with Gasteiger partial charge < -0.3 is 15.0 Å². The van der Waals surface area contributed by atoms with Gasteiger partial charge in [-0.15, -0.1) is 0 Å². The van der Waals surface area contributed by atoms with Crippen molar-refractivity contribution in [2.75, 3.05) is 31.1 Å². The van der Waals surface area contributed by atoms with E-state index >= 15 is 0 Å². The van der Waals surface area contributed by atoms with E-state index in [1.807, 2.05) is 12.1 Å². The van der Waals surface area contributed by atoms with Crippen LogP contribution < -0.4 is 10.2 Å². The monoisotopic (exact) mass is 303 g/mol. The van der Waals surface area contributed by atoms with E-state index in [4.69, 9.17) is 4.74 Å². The lowest BCUT2D eigenvalue weighted by Crippen LogP contribution is -2.32. The maximum Gasteiger partial charge on any atom is 0.252 e. The fourth-order valence-electron chi connectivity index (χ4n) is 3.12. The molecule has 120 valence electrons. The van der Waals surface area contributed by atoms with Gasteiger partial charge in [0.25, 0.3) is 5.91 Å². The molecule has 1 N–H and O–H groups in total. The molecule has 2 saturated heterocycles. The molecule has 2 fully saturated rings. The molecule has 5 nitrogen and oxygen atoms in total. The molecule has 0 bridgehead atoms. The summed E-state index contributed by atoms with van der Waals surface area (Å²) in [5, 5.41) is 2.93. The molecule has 0 spiro atoms. The van der Waals surface area contributed by atoms with Crippen molar-refractivity contribution in [2.24, 2.45) is 0 Å². The molecular weight excluding hydrogens is 278 g/mol. The maximum absolute atomic E-state index is 12.1. The summed E-state index contributed by atoms with van der Waals surface area (Å²) in [4.78, 5) is 18.9. The molecule has 3 rings (SSSR count). The number of aromatic nitrogens is 1. The largest absolute Gasteiger partial charge is 0.376 e. The molecule has 1 aromatic heterocycles. The van der Waals surface area contributed by atoms with Gasteiger partial charge in [-0.3, -0.25) is 4.79 Å². The summed E-state index contributed by atoms with van der Waals surface area (Å²) in [6.45, 7) is 3.54. The van der Waals surface area contributed by atoms with Gasteiger partial charge in [0.2, 0.25) is 0 Å². The van der Waals surface area contributed by atoms with Gasteiger partial charge >= 0.3 is 0 Å². The third-order valence-corrected chi connectivity index (χ3v) is 4.45. The van der Waals surface area contributed by atoms with Crippen molar-refractivity contribution < 1.29 is 9.53 Å². The first-order valence-electron chi connectivity index (χ1n) is 8.44. The van der Waals surface area contributed by atoms with Gasteiger partial charge in [0, 0.05) is 32.4 Å². The van der Waals surface area contributed by atoms with E-state index in [1.165, 1.54) is 25.7 Å². The van der Waals surface area contributed by atoms with Gasteiger partial charge in [0.05, 0.1) is 11.7 Å². The molecule has 2 aliphatic heterocycles. The zero-order chi connectivity index (χ0) is 15.2. The van der Waals surface area contributed by atoms with E-state index in [0.717, 1.165) is 38.4 Å². The summed E-state index contributed by atoms with van der Waals surface area (Å²) < 4.78 is 5.51. The smallest absolute Gasteiger partial charge is 0.252 e. The summed E-state index contributed by atoms with van der Waals surface area (Å²) in [5.41, 5.74) is 0.622. The second-order valence-electron chi connectivity index (χ2n) is 6.15. The van der Waals surface area contributed by atoms with E-state index < -0.39 is 0 Å². The predicted molar refractivity (Wildman–Crippen MR) is 86.2 cm³/mol. The predicted octanol–water partition coefficient (Wildman–Crippen LogP) is 2.37. The molecule has 1 aromatic rings. The second kappa shape index (κ2) is 7.58. The molecule has 0 aliphatic carbocycles. The van der Waals surface area contributed by atoms with Crippen molar-refractivity contribution in [3.63, 3.8) is 0 Å². The van der Waals surface area contributed by atoms with Crippen LogP contribution >= 0.6 is 0 Å². The van der Waals surface area contributed by atoms with Crippen molar-refractivity contribution in [1.82, 2.24) is 10.3 Å². The van der Waals surface area contributed by atoms with Gasteiger partial charge in [0.15, 0.2) is 0 Å². The van der Waals surface area contributed by atoms with Crippen molar-refractivity contribution in [2.45, 2.75) is 44.6 Å². The molecular formula is C17H25N3O2. The highest BCUT2D eigenvalue weighted by Crippen LogP contribution is 2.17. The van der Waals surface area contributed by atoms with Crippen LogP contribution in [0.1, 0.15) is 48.9 Å². The standard InChI is InChI=1S/C17H25N3O2/c21-17(19-13-15-6-5-11-22-15)14-7-8-16(18-12-14)20-9-3-1-2-4-10-20/h7-8,12,15H,1-6,9-11,13H2,(H,19,21). The number of pyridine rings is 1. The van der Waals surface area contributed by atoms with E-state index in [2.05, 4.69) is 15.2 Å². The van der Waals surface area contributed by atoms with Crippen LogP contribution in [0.25, 0.3) is 0 Å². The minimum absolute atomic E-state index is 0.0644. The third-order valence-electron chi connectivity index (χ3n) is 4.45. The Balaban J connectivity index is 1.54. The summed E-state index contributed by atoms with van der Waals surface area (Å²) in [6.07, 6.45) is 9.05. The first-order chi connectivity index (χ1) is 10.8. The Morgan fingerprint density at radius 2 is 2.05 bits per heavy atom. The van der Waals surface area contributed by atoms with Crippen molar-refractivity contribution in [1.29, 1.82) is 0 Å². The van der Waals surface area contributed by atoms with E-state index in [1.54, 1.807) is 6.20 Å². The summed E-state index contributed by atoms with van der Waals surface area (Å²) in [6, 6.07) is 3.84. The molecule has 0 radical (unpaired) electrons. The average molecular weight is 303 g/mol. The lowest BCUT2D eigenvalue weighted by Gasteiger charge is -2.21. The summed E-state index contributed by atoms with van der Waals surface area (Å²) in [7, 11) is 0. The molecule has 0 saturated carbocycles. The number of amides is 1. The Morgan fingerprint density at radius 3 is 2.68 bits per heavy atom. The quantitative estimate of drug-likeness (QED) is 0.928. The second-order valence-corrected chi connectivity index (χ2v) is 6.15. The van der Waals surface area contributed by atoms with Gasteiger partial charge in [-0.1, -0.05) is 12.8 Å². The topological polar surface area (TPSA) is 54.5 Å². The highest BCUT2D eigenvalue weighted by molar-refractivity contribution is 5.94. The molecule has 1 unspecified atom stereocenters. The molecule has 1 amide bonds. The molecule has 2 aliphatic rings. The number of anilines is 1. The number of hydrogen-bond acceptors (Lipinski definition) is 4. The van der Waals surface area contributed by atoms with Gasteiger partial charge in [-0.05, 0) is 37.8 Å². The van der Waals surface area contributed by atoms with Crippen LogP contribution in [0.3, 0.4) is 0 Å². The van der Waals surface area contributed by atoms with E-state index in [0.29, 0.717) is 12.1 Å². The van der Waals surface area contributed by atoms with Crippen molar-refractivity contribution in [3.8, 4) is 0 Å². The number of hydrogen-bond donors (Lipinski definition) is 1. The molecule has 3 heterocycles. The fraction of sp³-hybridized carbons (Fsp3) is 0.647. The number of carbonyl (C=O) groups excluding carboxylic acids is 1. The van der Waals surface area contributed by atoms with Crippen LogP contribution in [0.5, 0.6) is 0 Å². The average Bonchev–Trinajstić information content (AvgIpc) is 2.93. The Labute approximate surface area is 132 Å². The zero-order valence-electron chi connectivity index (χ0n) is 13.1. The lowest BCUT2D eigenvalue weighted by molar-refractivity contribution is 0.0857. The summed E-state index contributed by atoms with van der Waals surface area (Å²) in [5.74, 6) is 0.919. The highest BCUT2D eigenvalue weighted by Gasteiger charge is 2.17. The number of nitrogens with zero attached hydrogens (tertiary/aromatic N) is 2. The van der Waals surface area contributed by atoms with Crippen LogP contribution in [0, 0.1) is 0 Å². The van der Waals surface area contributed by atoms with Gasteiger partial charge in [-0.2, -0.15) is 0 Å². The Morgan fingerprint density at radius 1 is 1.23 bits per heavy atom. The maximum atomic E-state index is 12.1. The Hall–Kier alpha value is -1.62. The van der Waals surface area contributed by atoms with Crippen LogP contribution in [-0.2, 0) is 4.74 Å². The minimum atomic E-state index is -0.0644.